The molecule has 0 saturated carbocycles. The Kier molecular flexibility index (Phi) is 6.35. The molecule has 2 aromatic heterocycles. The van der Waals surface area contributed by atoms with Crippen molar-refractivity contribution in [2.45, 2.75) is 27.2 Å². The molecule has 4 rings (SSSR count). The predicted molar refractivity (Wildman–Crippen MR) is 125 cm³/mol. The number of aromatic nitrogens is 4. The average molecular weight is 444 g/mol. The Labute approximate surface area is 192 Å². The van der Waals surface area contributed by atoms with E-state index in [0.29, 0.717) is 34.7 Å². The van der Waals surface area contributed by atoms with Crippen molar-refractivity contribution in [3.05, 3.63) is 83.7 Å². The van der Waals surface area contributed by atoms with Crippen LogP contribution in [-0.2, 0) is 11.2 Å². The van der Waals surface area contributed by atoms with Gasteiger partial charge in [0.2, 0.25) is 11.8 Å². The van der Waals surface area contributed by atoms with Gasteiger partial charge in [0.15, 0.2) is 0 Å². The number of imidazole rings is 1. The first-order valence-corrected chi connectivity index (χ1v) is 10.5. The summed E-state index contributed by atoms with van der Waals surface area (Å²) >= 11 is 0. The smallest absolute Gasteiger partial charge is 0.228 e. The van der Waals surface area contributed by atoms with Gasteiger partial charge >= 0.3 is 0 Å². The molecule has 0 aliphatic heterocycles. The van der Waals surface area contributed by atoms with Crippen LogP contribution >= 0.6 is 0 Å². The van der Waals surface area contributed by atoms with E-state index in [2.05, 4.69) is 20.3 Å². The third kappa shape index (κ3) is 5.17. The lowest BCUT2D eigenvalue weighted by molar-refractivity contribution is -0.115. The molecule has 0 aliphatic carbocycles. The molecule has 168 valence electrons. The van der Waals surface area contributed by atoms with E-state index < -0.39 is 0 Å². The molecule has 1 N–H and O–H groups in total. The average Bonchev–Trinajstić information content (AvgIpc) is 3.13. The quantitative estimate of drug-likeness (QED) is 0.450. The molecule has 0 radical (unpaired) electrons. The fourth-order valence-corrected chi connectivity index (χ4v) is 3.38. The molecule has 33 heavy (non-hydrogen) atoms. The summed E-state index contributed by atoms with van der Waals surface area (Å²) < 4.78 is 13.1. The topological polar surface area (TPSA) is 91.2 Å². The summed E-state index contributed by atoms with van der Waals surface area (Å²) in [5, 5.41) is 2.90. The molecule has 0 atom stereocenters. The molecule has 0 aliphatic rings. The van der Waals surface area contributed by atoms with Crippen LogP contribution in [0.15, 0.2) is 60.9 Å². The first kappa shape index (κ1) is 22.0. The van der Waals surface area contributed by atoms with Crippen LogP contribution < -0.4 is 14.8 Å². The maximum atomic E-state index is 12.4. The zero-order valence-electron chi connectivity index (χ0n) is 19.0. The van der Waals surface area contributed by atoms with Crippen molar-refractivity contribution in [2.24, 2.45) is 0 Å². The second-order valence-corrected chi connectivity index (χ2v) is 7.56. The third-order valence-electron chi connectivity index (χ3n) is 5.20. The highest BCUT2D eigenvalue weighted by Crippen LogP contribution is 2.24. The second kappa shape index (κ2) is 9.52. The SMILES string of the molecule is COc1ccccc1CC(=O)Nc1ccc(Oc2cc(-n3cnc(C)c3C)nc(C)n2)cc1. The lowest BCUT2D eigenvalue weighted by Gasteiger charge is -2.11. The normalized spacial score (nSPS) is 10.7. The molecule has 0 bridgehead atoms. The summed E-state index contributed by atoms with van der Waals surface area (Å²) in [6.45, 7) is 5.75. The van der Waals surface area contributed by atoms with Gasteiger partial charge in [-0.3, -0.25) is 9.36 Å². The number of carbonyl (C=O) groups excluding carboxylic acids is 1. The van der Waals surface area contributed by atoms with Crippen LogP contribution in [0.2, 0.25) is 0 Å². The van der Waals surface area contributed by atoms with E-state index in [1.54, 1.807) is 43.8 Å². The summed E-state index contributed by atoms with van der Waals surface area (Å²) in [7, 11) is 1.59. The van der Waals surface area contributed by atoms with Gasteiger partial charge in [0.05, 0.1) is 19.2 Å². The lowest BCUT2D eigenvalue weighted by atomic mass is 10.1. The first-order chi connectivity index (χ1) is 15.9. The summed E-state index contributed by atoms with van der Waals surface area (Å²) in [5.41, 5.74) is 3.45. The van der Waals surface area contributed by atoms with Gasteiger partial charge in [-0.25, -0.2) is 9.97 Å². The minimum Gasteiger partial charge on any atom is -0.496 e. The van der Waals surface area contributed by atoms with Gasteiger partial charge in [-0.1, -0.05) is 18.2 Å². The standard InChI is InChI=1S/C25H25N5O3/c1-16-17(2)30(15-26-16)23-14-25(28-18(3)27-23)33-21-11-9-20(10-12-21)29-24(31)13-19-7-5-6-8-22(19)32-4/h5-12,14-15H,13H2,1-4H3,(H,29,31). The van der Waals surface area contributed by atoms with E-state index in [1.165, 1.54) is 0 Å². The number of carbonyl (C=O) groups is 1. The van der Waals surface area contributed by atoms with Crippen LogP contribution in [-0.4, -0.2) is 32.5 Å². The van der Waals surface area contributed by atoms with Crippen molar-refractivity contribution >= 4 is 11.6 Å². The molecule has 2 heterocycles. The largest absolute Gasteiger partial charge is 0.496 e. The maximum Gasteiger partial charge on any atom is 0.228 e. The van der Waals surface area contributed by atoms with Gasteiger partial charge in [0.1, 0.15) is 29.5 Å². The summed E-state index contributed by atoms with van der Waals surface area (Å²) in [6.07, 6.45) is 1.96. The molecule has 0 unspecified atom stereocenters. The van der Waals surface area contributed by atoms with Crippen LogP contribution in [0, 0.1) is 20.8 Å². The van der Waals surface area contributed by atoms with Crippen LogP contribution in [0.25, 0.3) is 5.82 Å². The second-order valence-electron chi connectivity index (χ2n) is 7.56. The summed E-state index contributed by atoms with van der Waals surface area (Å²) in [4.78, 5) is 25.6. The fourth-order valence-electron chi connectivity index (χ4n) is 3.38. The van der Waals surface area contributed by atoms with Crippen molar-refractivity contribution in [1.29, 1.82) is 0 Å². The highest BCUT2D eigenvalue weighted by molar-refractivity contribution is 5.92. The minimum absolute atomic E-state index is 0.129. The van der Waals surface area contributed by atoms with Gasteiger partial charge in [0, 0.05) is 23.0 Å². The molecular formula is C25H25N5O3. The van der Waals surface area contributed by atoms with Crippen LogP contribution in [0.4, 0.5) is 5.69 Å². The summed E-state index contributed by atoms with van der Waals surface area (Å²) in [6, 6.07) is 16.4. The third-order valence-corrected chi connectivity index (χ3v) is 5.20. The van der Waals surface area contributed by atoms with Crippen LogP contribution in [0.5, 0.6) is 17.4 Å². The van der Waals surface area contributed by atoms with Gasteiger partial charge in [-0.15, -0.1) is 0 Å². The molecule has 8 nitrogen and oxygen atoms in total. The Morgan fingerprint density at radius 3 is 2.48 bits per heavy atom. The Morgan fingerprint density at radius 2 is 1.79 bits per heavy atom. The zero-order valence-corrected chi connectivity index (χ0v) is 19.0. The minimum atomic E-state index is -0.129. The number of nitrogens with zero attached hydrogens (tertiary/aromatic N) is 4. The number of hydrogen-bond donors (Lipinski definition) is 1. The van der Waals surface area contributed by atoms with Crippen molar-refractivity contribution < 1.29 is 14.3 Å². The van der Waals surface area contributed by atoms with Gasteiger partial charge in [-0.2, -0.15) is 4.98 Å². The number of aryl methyl sites for hydroxylation is 2. The highest BCUT2D eigenvalue weighted by Gasteiger charge is 2.11. The molecule has 0 spiro atoms. The molecule has 8 heteroatoms. The van der Waals surface area contributed by atoms with Gasteiger partial charge in [0.25, 0.3) is 0 Å². The zero-order chi connectivity index (χ0) is 23.4. The maximum absolute atomic E-state index is 12.4. The van der Waals surface area contributed by atoms with Crippen molar-refractivity contribution in [3.8, 4) is 23.2 Å². The number of hydrogen-bond acceptors (Lipinski definition) is 6. The van der Waals surface area contributed by atoms with Crippen LogP contribution in [0.3, 0.4) is 0 Å². The number of amides is 1. The molecule has 0 fully saturated rings. The molecule has 0 saturated heterocycles. The Hall–Kier alpha value is -4.20. The lowest BCUT2D eigenvalue weighted by Crippen LogP contribution is -2.14. The number of anilines is 1. The number of methoxy groups -OCH3 is 1. The van der Waals surface area contributed by atoms with E-state index in [0.717, 1.165) is 17.0 Å². The number of benzene rings is 2. The molecule has 4 aromatic rings. The van der Waals surface area contributed by atoms with E-state index in [4.69, 9.17) is 9.47 Å². The Bertz CT molecular complexity index is 1280. The number of ether oxygens (including phenoxy) is 2. The number of nitrogens with one attached hydrogen (secondary N) is 1. The van der Waals surface area contributed by atoms with Crippen molar-refractivity contribution in [2.75, 3.05) is 12.4 Å². The molecule has 1 amide bonds. The van der Waals surface area contributed by atoms with E-state index in [-0.39, 0.29) is 12.3 Å². The van der Waals surface area contributed by atoms with Crippen molar-refractivity contribution in [1.82, 2.24) is 19.5 Å². The fraction of sp³-hybridized carbons (Fsp3) is 0.200. The van der Waals surface area contributed by atoms with Gasteiger partial charge in [-0.05, 0) is 51.1 Å². The Balaban J connectivity index is 1.44. The highest BCUT2D eigenvalue weighted by atomic mass is 16.5. The molecular weight excluding hydrogens is 418 g/mol. The summed E-state index contributed by atoms with van der Waals surface area (Å²) in [5.74, 6) is 2.87. The number of rotatable bonds is 7. The monoisotopic (exact) mass is 443 g/mol. The Morgan fingerprint density at radius 1 is 1.03 bits per heavy atom. The van der Waals surface area contributed by atoms with E-state index >= 15 is 0 Å². The van der Waals surface area contributed by atoms with E-state index in [1.807, 2.05) is 49.6 Å². The van der Waals surface area contributed by atoms with E-state index in [9.17, 15) is 4.79 Å². The first-order valence-electron chi connectivity index (χ1n) is 10.5. The molecule has 2 aromatic carbocycles. The number of para-hydroxylation sites is 1. The van der Waals surface area contributed by atoms with Crippen LogP contribution in [0.1, 0.15) is 22.8 Å². The predicted octanol–water partition coefficient (Wildman–Crippen LogP) is 4.57. The van der Waals surface area contributed by atoms with Gasteiger partial charge < -0.3 is 14.8 Å². The van der Waals surface area contributed by atoms with Crippen molar-refractivity contribution in [3.63, 3.8) is 0 Å².